The Balaban J connectivity index is 1.34. The molecule has 3 amide bonds. The van der Waals surface area contributed by atoms with E-state index in [0.717, 1.165) is 16.9 Å². The molecule has 1 aromatic rings. The monoisotopic (exact) mass is 416 g/mol. The first-order valence-corrected chi connectivity index (χ1v) is 9.93. The first-order valence-electron chi connectivity index (χ1n) is 9.56. The summed E-state index contributed by atoms with van der Waals surface area (Å²) in [7, 11) is 0. The van der Waals surface area contributed by atoms with E-state index in [1.54, 1.807) is 18.2 Å². The summed E-state index contributed by atoms with van der Waals surface area (Å²) in [5, 5.41) is 3.10. The van der Waals surface area contributed by atoms with Crippen LogP contribution in [0.2, 0.25) is 5.02 Å². The Morgan fingerprint density at radius 3 is 2.41 bits per heavy atom. The minimum Gasteiger partial charge on any atom is -0.454 e. The lowest BCUT2D eigenvalue weighted by molar-refractivity contribution is -0.159. The zero-order chi connectivity index (χ0) is 20.9. The van der Waals surface area contributed by atoms with Crippen molar-refractivity contribution in [2.24, 2.45) is 23.7 Å². The van der Waals surface area contributed by atoms with Crippen molar-refractivity contribution in [1.29, 1.82) is 0 Å². The molecule has 0 spiro atoms. The maximum absolute atomic E-state index is 12.7. The van der Waals surface area contributed by atoms with Crippen LogP contribution in [-0.4, -0.2) is 41.2 Å². The predicted molar refractivity (Wildman–Crippen MR) is 105 cm³/mol. The molecule has 2 bridgehead atoms. The SMILES string of the molecule is Cc1ccc(NC(=O)COC(=O)[C@H](C)N2C(=O)[C@@H]3[C@H](C2=O)[C@H]2C=C[C@H]3C2)cc1Cl. The maximum atomic E-state index is 12.7. The van der Waals surface area contributed by atoms with Gasteiger partial charge in [-0.05, 0) is 49.8 Å². The van der Waals surface area contributed by atoms with Gasteiger partial charge in [-0.15, -0.1) is 0 Å². The van der Waals surface area contributed by atoms with Crippen LogP contribution in [0.1, 0.15) is 18.9 Å². The van der Waals surface area contributed by atoms with E-state index >= 15 is 0 Å². The smallest absolute Gasteiger partial charge is 0.329 e. The van der Waals surface area contributed by atoms with Crippen LogP contribution in [0.3, 0.4) is 0 Å². The van der Waals surface area contributed by atoms with Crippen LogP contribution in [-0.2, 0) is 23.9 Å². The number of fused-ring (bicyclic) bond motifs is 5. The molecule has 2 aliphatic carbocycles. The summed E-state index contributed by atoms with van der Waals surface area (Å²) >= 11 is 6.02. The summed E-state index contributed by atoms with van der Waals surface area (Å²) in [6, 6.07) is 3.98. The number of likely N-dealkylation sites (tertiary alicyclic amines) is 1. The lowest BCUT2D eigenvalue weighted by Crippen LogP contribution is -2.45. The molecule has 1 aliphatic heterocycles. The number of amides is 3. The first-order chi connectivity index (χ1) is 13.8. The third kappa shape index (κ3) is 3.33. The Morgan fingerprint density at radius 2 is 1.83 bits per heavy atom. The molecule has 0 aromatic heterocycles. The van der Waals surface area contributed by atoms with Crippen molar-refractivity contribution in [1.82, 2.24) is 4.90 Å². The number of anilines is 1. The van der Waals surface area contributed by atoms with Gasteiger partial charge >= 0.3 is 5.97 Å². The van der Waals surface area contributed by atoms with Crippen LogP contribution < -0.4 is 5.32 Å². The fraction of sp³-hybridized carbons (Fsp3) is 0.429. The Bertz CT molecular complexity index is 913. The number of nitrogens with zero attached hydrogens (tertiary/aromatic N) is 1. The second kappa shape index (κ2) is 7.30. The number of aryl methyl sites for hydroxylation is 1. The van der Waals surface area contributed by atoms with Crippen molar-refractivity contribution in [2.75, 3.05) is 11.9 Å². The normalized spacial score (nSPS) is 27.9. The largest absolute Gasteiger partial charge is 0.454 e. The average Bonchev–Trinajstić information content (AvgIpc) is 3.36. The summed E-state index contributed by atoms with van der Waals surface area (Å²) in [5.41, 5.74) is 1.36. The number of ether oxygens (including phenoxy) is 1. The predicted octanol–water partition coefficient (Wildman–Crippen LogP) is 2.33. The van der Waals surface area contributed by atoms with Gasteiger partial charge < -0.3 is 10.1 Å². The first kappa shape index (κ1) is 19.6. The Hall–Kier alpha value is -2.67. The van der Waals surface area contributed by atoms with E-state index in [1.807, 2.05) is 19.1 Å². The third-order valence-electron chi connectivity index (χ3n) is 6.03. The van der Waals surface area contributed by atoms with Crippen LogP contribution in [0.15, 0.2) is 30.4 Å². The quantitative estimate of drug-likeness (QED) is 0.451. The molecule has 0 unspecified atom stereocenters. The van der Waals surface area contributed by atoms with Crippen LogP contribution in [0, 0.1) is 30.6 Å². The van der Waals surface area contributed by atoms with Gasteiger partial charge in [-0.25, -0.2) is 4.79 Å². The van der Waals surface area contributed by atoms with Gasteiger partial charge in [0.25, 0.3) is 5.91 Å². The van der Waals surface area contributed by atoms with Gasteiger partial charge in [0.1, 0.15) is 6.04 Å². The minimum atomic E-state index is -1.07. The molecule has 29 heavy (non-hydrogen) atoms. The molecule has 1 saturated heterocycles. The van der Waals surface area contributed by atoms with Gasteiger partial charge in [0.15, 0.2) is 6.61 Å². The minimum absolute atomic E-state index is 0.0711. The van der Waals surface area contributed by atoms with Crippen LogP contribution in [0.25, 0.3) is 0 Å². The van der Waals surface area contributed by atoms with Crippen molar-refractivity contribution in [3.63, 3.8) is 0 Å². The number of nitrogens with one attached hydrogen (secondary N) is 1. The molecule has 1 heterocycles. The summed E-state index contributed by atoms with van der Waals surface area (Å²) in [4.78, 5) is 50.9. The number of carbonyl (C=O) groups excluding carboxylic acids is 4. The average molecular weight is 417 g/mol. The number of benzene rings is 1. The topological polar surface area (TPSA) is 92.8 Å². The maximum Gasteiger partial charge on any atom is 0.329 e. The van der Waals surface area contributed by atoms with Crippen molar-refractivity contribution < 1.29 is 23.9 Å². The number of halogens is 1. The van der Waals surface area contributed by atoms with Gasteiger partial charge in [-0.2, -0.15) is 0 Å². The lowest BCUT2D eigenvalue weighted by Gasteiger charge is -2.23. The summed E-state index contributed by atoms with van der Waals surface area (Å²) in [6.45, 7) is 2.77. The molecule has 8 heteroatoms. The zero-order valence-corrected chi connectivity index (χ0v) is 16.8. The molecule has 1 saturated carbocycles. The van der Waals surface area contributed by atoms with E-state index in [4.69, 9.17) is 16.3 Å². The lowest BCUT2D eigenvalue weighted by atomic mass is 9.85. The van der Waals surface area contributed by atoms with Crippen molar-refractivity contribution in [3.8, 4) is 0 Å². The van der Waals surface area contributed by atoms with Crippen LogP contribution in [0.5, 0.6) is 0 Å². The van der Waals surface area contributed by atoms with E-state index in [9.17, 15) is 19.2 Å². The summed E-state index contributed by atoms with van der Waals surface area (Å²) in [5.74, 6) is -2.57. The number of esters is 1. The van der Waals surface area contributed by atoms with Gasteiger partial charge in [0.05, 0.1) is 11.8 Å². The van der Waals surface area contributed by atoms with Gasteiger partial charge in [-0.1, -0.05) is 29.8 Å². The molecular weight excluding hydrogens is 396 g/mol. The Morgan fingerprint density at radius 1 is 1.21 bits per heavy atom. The Kier molecular flexibility index (Phi) is 4.94. The second-order valence-electron chi connectivity index (χ2n) is 7.84. The molecule has 0 radical (unpaired) electrons. The van der Waals surface area contributed by atoms with Crippen LogP contribution >= 0.6 is 11.6 Å². The molecular formula is C21H21ClN2O5. The van der Waals surface area contributed by atoms with Crippen LogP contribution in [0.4, 0.5) is 5.69 Å². The van der Waals surface area contributed by atoms with Gasteiger partial charge in [0, 0.05) is 10.7 Å². The number of hydrogen-bond acceptors (Lipinski definition) is 5. The molecule has 3 aliphatic rings. The highest BCUT2D eigenvalue weighted by Crippen LogP contribution is 2.52. The number of imide groups is 1. The molecule has 4 rings (SSSR count). The molecule has 152 valence electrons. The molecule has 1 N–H and O–H groups in total. The molecule has 2 fully saturated rings. The third-order valence-corrected chi connectivity index (χ3v) is 6.44. The van der Waals surface area contributed by atoms with Crippen molar-refractivity contribution in [2.45, 2.75) is 26.3 Å². The highest BCUT2D eigenvalue weighted by atomic mass is 35.5. The number of allylic oxidation sites excluding steroid dienone is 2. The van der Waals surface area contributed by atoms with E-state index in [2.05, 4.69) is 5.32 Å². The van der Waals surface area contributed by atoms with E-state index in [-0.39, 0.29) is 35.5 Å². The summed E-state index contributed by atoms with van der Waals surface area (Å²) in [6.07, 6.45) is 4.80. The van der Waals surface area contributed by atoms with Gasteiger partial charge in [0.2, 0.25) is 11.8 Å². The summed E-state index contributed by atoms with van der Waals surface area (Å²) < 4.78 is 5.05. The fourth-order valence-corrected chi connectivity index (χ4v) is 4.72. The van der Waals surface area contributed by atoms with Crippen molar-refractivity contribution >= 4 is 41.0 Å². The number of hydrogen-bond donors (Lipinski definition) is 1. The number of carbonyl (C=O) groups is 4. The molecule has 1 aromatic carbocycles. The van der Waals surface area contributed by atoms with Gasteiger partial charge in [-0.3, -0.25) is 19.3 Å². The van der Waals surface area contributed by atoms with Crippen molar-refractivity contribution in [3.05, 3.63) is 40.9 Å². The Labute approximate surface area is 173 Å². The van der Waals surface area contributed by atoms with E-state index in [1.165, 1.54) is 6.92 Å². The number of rotatable bonds is 5. The molecule has 5 atom stereocenters. The fourth-order valence-electron chi connectivity index (χ4n) is 4.54. The van der Waals surface area contributed by atoms with E-state index in [0.29, 0.717) is 10.7 Å². The highest BCUT2D eigenvalue weighted by molar-refractivity contribution is 6.31. The molecule has 7 nitrogen and oxygen atoms in total. The zero-order valence-electron chi connectivity index (χ0n) is 16.1. The second-order valence-corrected chi connectivity index (χ2v) is 8.25. The standard InChI is InChI=1S/C21H21ClN2O5/c1-10-3-6-14(8-15(10)22)23-16(25)9-29-21(28)11(2)24-19(26)17-12-4-5-13(7-12)18(17)20(24)27/h3-6,8,11-13,17-18H,7,9H2,1-2H3,(H,23,25)/t11-,12-,13-,17-,18+/m0/s1. The highest BCUT2D eigenvalue weighted by Gasteiger charge is 2.60. The van der Waals surface area contributed by atoms with E-state index < -0.39 is 24.5 Å².